The van der Waals surface area contributed by atoms with Crippen molar-refractivity contribution in [2.24, 2.45) is 0 Å². The minimum Gasteiger partial charge on any atom is -0.376 e. The van der Waals surface area contributed by atoms with Crippen LogP contribution >= 0.6 is 11.6 Å². The van der Waals surface area contributed by atoms with Gasteiger partial charge in [-0.3, -0.25) is 0 Å². The van der Waals surface area contributed by atoms with Crippen LogP contribution in [0.25, 0.3) is 0 Å². The van der Waals surface area contributed by atoms with E-state index in [-0.39, 0.29) is 11.4 Å². The number of aromatic nitrogens is 3. The third-order valence-electron chi connectivity index (χ3n) is 2.93. The molecule has 1 aliphatic rings. The Balaban J connectivity index is 2.12. The number of rotatable bonds is 5. The van der Waals surface area contributed by atoms with E-state index in [0.717, 1.165) is 32.5 Å². The number of ether oxygens (including phenoxy) is 1. The summed E-state index contributed by atoms with van der Waals surface area (Å²) in [6.07, 6.45) is 2.48. The maximum atomic E-state index is 5.89. The van der Waals surface area contributed by atoms with Gasteiger partial charge in [0.2, 0.25) is 17.2 Å². The van der Waals surface area contributed by atoms with Gasteiger partial charge in [-0.25, -0.2) is 0 Å². The van der Waals surface area contributed by atoms with E-state index < -0.39 is 0 Å². The second-order valence-corrected chi connectivity index (χ2v) is 4.49. The number of hydrogen-bond acceptors (Lipinski definition) is 6. The van der Waals surface area contributed by atoms with Crippen LogP contribution < -0.4 is 10.2 Å². The van der Waals surface area contributed by atoms with Gasteiger partial charge in [0.15, 0.2) is 0 Å². The van der Waals surface area contributed by atoms with Crippen molar-refractivity contribution >= 4 is 23.5 Å². The van der Waals surface area contributed by atoms with E-state index in [2.05, 4.69) is 32.1 Å². The van der Waals surface area contributed by atoms with Crippen molar-refractivity contribution in [3.8, 4) is 0 Å². The fraction of sp³-hybridized carbons (Fsp3) is 0.727. The molecule has 2 heterocycles. The number of nitrogens with one attached hydrogen (secondary N) is 1. The summed E-state index contributed by atoms with van der Waals surface area (Å²) in [5, 5.41) is 3.08. The molecule has 0 saturated carbocycles. The summed E-state index contributed by atoms with van der Waals surface area (Å²) in [6, 6.07) is 0. The average Bonchev–Trinajstić information content (AvgIpc) is 2.88. The molecule has 1 unspecified atom stereocenters. The highest BCUT2D eigenvalue weighted by atomic mass is 35.5. The van der Waals surface area contributed by atoms with Gasteiger partial charge < -0.3 is 15.0 Å². The normalized spacial score (nSPS) is 18.9. The Bertz CT molecular complexity index is 397. The van der Waals surface area contributed by atoms with E-state index in [0.29, 0.717) is 11.9 Å². The lowest BCUT2D eigenvalue weighted by Crippen LogP contribution is -2.33. The van der Waals surface area contributed by atoms with Gasteiger partial charge in [-0.05, 0) is 31.4 Å². The van der Waals surface area contributed by atoms with Gasteiger partial charge in [-0.1, -0.05) is 0 Å². The molecule has 0 amide bonds. The third-order valence-corrected chi connectivity index (χ3v) is 3.10. The highest BCUT2D eigenvalue weighted by Gasteiger charge is 2.20. The van der Waals surface area contributed by atoms with Crippen molar-refractivity contribution < 1.29 is 4.74 Å². The van der Waals surface area contributed by atoms with Gasteiger partial charge >= 0.3 is 0 Å². The standard InChI is InChI=1S/C11H18ClN5O/c1-3-17(7-8-5-4-6-18-8)11-15-9(12)14-10(13-2)16-11/h8H,3-7H2,1-2H3,(H,13,14,15,16). The molecule has 0 bridgehead atoms. The Morgan fingerprint density at radius 1 is 1.44 bits per heavy atom. The molecule has 1 saturated heterocycles. The minimum atomic E-state index is 0.204. The lowest BCUT2D eigenvalue weighted by molar-refractivity contribution is 0.115. The molecule has 6 nitrogen and oxygen atoms in total. The molecule has 18 heavy (non-hydrogen) atoms. The molecular weight excluding hydrogens is 254 g/mol. The van der Waals surface area contributed by atoms with E-state index in [1.54, 1.807) is 7.05 Å². The van der Waals surface area contributed by atoms with Crippen molar-refractivity contribution in [1.29, 1.82) is 0 Å². The van der Waals surface area contributed by atoms with E-state index >= 15 is 0 Å². The van der Waals surface area contributed by atoms with Gasteiger partial charge in [0.05, 0.1) is 6.10 Å². The van der Waals surface area contributed by atoms with Gasteiger partial charge in [-0.2, -0.15) is 15.0 Å². The van der Waals surface area contributed by atoms with Gasteiger partial charge in [0.25, 0.3) is 0 Å². The number of anilines is 2. The molecular formula is C11H18ClN5O. The second kappa shape index (κ2) is 6.15. The van der Waals surface area contributed by atoms with E-state index in [9.17, 15) is 0 Å². The van der Waals surface area contributed by atoms with Crippen molar-refractivity contribution in [3.05, 3.63) is 5.28 Å². The third kappa shape index (κ3) is 3.20. The first-order valence-corrected chi connectivity index (χ1v) is 6.56. The van der Waals surface area contributed by atoms with Crippen molar-refractivity contribution in [2.45, 2.75) is 25.9 Å². The Labute approximate surface area is 112 Å². The molecule has 1 atom stereocenters. The van der Waals surface area contributed by atoms with Crippen LogP contribution in [0, 0.1) is 0 Å². The smallest absolute Gasteiger partial charge is 0.231 e. The number of nitrogens with zero attached hydrogens (tertiary/aromatic N) is 4. The number of halogens is 1. The average molecular weight is 272 g/mol. The first-order valence-electron chi connectivity index (χ1n) is 6.18. The summed E-state index contributed by atoms with van der Waals surface area (Å²) in [5.41, 5.74) is 0. The first-order chi connectivity index (χ1) is 8.72. The monoisotopic (exact) mass is 271 g/mol. The Hall–Kier alpha value is -1.14. The summed E-state index contributed by atoms with van der Waals surface area (Å²) in [7, 11) is 1.76. The summed E-state index contributed by atoms with van der Waals surface area (Å²) >= 11 is 5.89. The predicted octanol–water partition coefficient (Wildman–Crippen LogP) is 1.57. The van der Waals surface area contributed by atoms with Crippen LogP contribution in [0.15, 0.2) is 0 Å². The fourth-order valence-electron chi connectivity index (χ4n) is 1.98. The molecule has 100 valence electrons. The summed E-state index contributed by atoms with van der Waals surface area (Å²) in [4.78, 5) is 14.5. The Kier molecular flexibility index (Phi) is 4.54. The summed E-state index contributed by atoms with van der Waals surface area (Å²) in [5.74, 6) is 1.08. The van der Waals surface area contributed by atoms with Crippen LogP contribution in [0.5, 0.6) is 0 Å². The molecule has 0 aromatic carbocycles. The molecule has 2 rings (SSSR count). The number of hydrogen-bond donors (Lipinski definition) is 1. The number of likely N-dealkylation sites (N-methyl/N-ethyl adjacent to an activating group) is 1. The summed E-state index contributed by atoms with van der Waals surface area (Å²) < 4.78 is 5.63. The second-order valence-electron chi connectivity index (χ2n) is 4.15. The van der Waals surface area contributed by atoms with Gasteiger partial charge in [-0.15, -0.1) is 0 Å². The van der Waals surface area contributed by atoms with E-state index in [4.69, 9.17) is 16.3 Å². The van der Waals surface area contributed by atoms with Crippen LogP contribution in [-0.2, 0) is 4.74 Å². The zero-order chi connectivity index (χ0) is 13.0. The largest absolute Gasteiger partial charge is 0.376 e. The Morgan fingerprint density at radius 2 is 2.28 bits per heavy atom. The highest BCUT2D eigenvalue weighted by molar-refractivity contribution is 6.28. The molecule has 0 spiro atoms. The van der Waals surface area contributed by atoms with Crippen LogP contribution in [0.2, 0.25) is 5.28 Å². The SMILES string of the molecule is CCN(CC1CCCO1)c1nc(Cl)nc(NC)n1. The lowest BCUT2D eigenvalue weighted by atomic mass is 10.2. The van der Waals surface area contributed by atoms with Crippen molar-refractivity contribution in [3.63, 3.8) is 0 Å². The predicted molar refractivity (Wildman–Crippen MR) is 71.2 cm³/mol. The Morgan fingerprint density at radius 3 is 2.89 bits per heavy atom. The molecule has 0 radical (unpaired) electrons. The summed E-state index contributed by atoms with van der Waals surface area (Å²) in [6.45, 7) is 4.51. The van der Waals surface area contributed by atoms with Crippen LogP contribution in [0.4, 0.5) is 11.9 Å². The van der Waals surface area contributed by atoms with Crippen molar-refractivity contribution in [2.75, 3.05) is 37.0 Å². The molecule has 1 N–H and O–H groups in total. The zero-order valence-corrected chi connectivity index (χ0v) is 11.4. The molecule has 1 aliphatic heterocycles. The van der Waals surface area contributed by atoms with Crippen LogP contribution in [0.1, 0.15) is 19.8 Å². The molecule has 1 fully saturated rings. The zero-order valence-electron chi connectivity index (χ0n) is 10.7. The molecule has 1 aromatic heterocycles. The highest BCUT2D eigenvalue weighted by Crippen LogP contribution is 2.18. The minimum absolute atomic E-state index is 0.204. The van der Waals surface area contributed by atoms with Gasteiger partial charge in [0, 0.05) is 26.7 Å². The van der Waals surface area contributed by atoms with E-state index in [1.807, 2.05) is 0 Å². The first kappa shape index (κ1) is 13.3. The maximum absolute atomic E-state index is 5.89. The molecule has 1 aromatic rings. The van der Waals surface area contributed by atoms with Crippen LogP contribution in [0.3, 0.4) is 0 Å². The topological polar surface area (TPSA) is 63.2 Å². The lowest BCUT2D eigenvalue weighted by Gasteiger charge is -2.24. The quantitative estimate of drug-likeness (QED) is 0.877. The molecule has 7 heteroatoms. The molecule has 0 aliphatic carbocycles. The van der Waals surface area contributed by atoms with Gasteiger partial charge in [0.1, 0.15) is 0 Å². The van der Waals surface area contributed by atoms with E-state index in [1.165, 1.54) is 0 Å². The maximum Gasteiger partial charge on any atom is 0.231 e. The van der Waals surface area contributed by atoms with Crippen LogP contribution in [-0.4, -0.2) is 47.8 Å². The van der Waals surface area contributed by atoms with Crippen molar-refractivity contribution in [1.82, 2.24) is 15.0 Å². The fourth-order valence-corrected chi connectivity index (χ4v) is 2.13.